The third-order valence-corrected chi connectivity index (χ3v) is 1.82. The summed E-state index contributed by atoms with van der Waals surface area (Å²) >= 11 is 8.05. The minimum absolute atomic E-state index is 0.498. The van der Waals surface area contributed by atoms with E-state index >= 15 is 0 Å². The van der Waals surface area contributed by atoms with Gasteiger partial charge >= 0.3 is 66.9 Å². The molecule has 2 nitrogen and oxygen atoms in total. The zero-order valence-corrected chi connectivity index (χ0v) is 7.21. The Hall–Kier alpha value is -0.0716. The molecule has 0 aromatic carbocycles. The van der Waals surface area contributed by atoms with Gasteiger partial charge in [-0.1, -0.05) is 0 Å². The number of rotatable bonds is 1. The zero-order chi connectivity index (χ0) is 6.69. The Morgan fingerprint density at radius 3 is 2.56 bits per heavy atom. The van der Waals surface area contributed by atoms with Crippen molar-refractivity contribution in [2.75, 3.05) is 0 Å². The van der Waals surface area contributed by atoms with Gasteiger partial charge in [0.05, 0.1) is 0 Å². The molecule has 0 N–H and O–H groups in total. The van der Waals surface area contributed by atoms with Gasteiger partial charge in [-0.15, -0.1) is 0 Å². The van der Waals surface area contributed by atoms with E-state index in [-0.39, 0.29) is 0 Å². The molecule has 1 aromatic rings. The van der Waals surface area contributed by atoms with Crippen LogP contribution in [0, 0.1) is 0 Å². The molecule has 9 heavy (non-hydrogen) atoms. The number of hydrogen-bond donors (Lipinski definition) is 0. The van der Waals surface area contributed by atoms with Crippen molar-refractivity contribution in [2.24, 2.45) is 0 Å². The van der Waals surface area contributed by atoms with Gasteiger partial charge in [-0.05, 0) is 0 Å². The van der Waals surface area contributed by atoms with Crippen LogP contribution in [0.2, 0.25) is 5.15 Å². The van der Waals surface area contributed by atoms with Crippen LogP contribution in [0.15, 0.2) is 12.4 Å². The van der Waals surface area contributed by atoms with Crippen molar-refractivity contribution in [1.29, 1.82) is 0 Å². The maximum absolute atomic E-state index is 5.64. The summed E-state index contributed by atoms with van der Waals surface area (Å²) in [6.07, 6.45) is 3.21. The third kappa shape index (κ3) is 1.67. The van der Waals surface area contributed by atoms with Crippen molar-refractivity contribution in [3.05, 3.63) is 23.2 Å². The fourth-order valence-electron chi connectivity index (χ4n) is 0.456. The first kappa shape index (κ1) is 7.04. The van der Waals surface area contributed by atoms with Crippen molar-refractivity contribution in [3.63, 3.8) is 0 Å². The molecule has 0 fully saturated rings. The summed E-state index contributed by atoms with van der Waals surface area (Å²) in [4.78, 5) is 7.83. The van der Waals surface area contributed by atoms with Crippen molar-refractivity contribution < 1.29 is 0 Å². The van der Waals surface area contributed by atoms with Gasteiger partial charge < -0.3 is 0 Å². The molecule has 1 rings (SSSR count). The Balaban J connectivity index is 3.01. The second kappa shape index (κ2) is 3.19. The topological polar surface area (TPSA) is 25.8 Å². The first-order chi connectivity index (χ1) is 4.34. The molecule has 0 aliphatic carbocycles. The average Bonchev–Trinajstić information content (AvgIpc) is 1.89. The van der Waals surface area contributed by atoms with E-state index in [1.807, 2.05) is 0 Å². The fourth-order valence-corrected chi connectivity index (χ4v) is 1.32. The molecule has 1 aromatic heterocycles. The van der Waals surface area contributed by atoms with E-state index in [0.29, 0.717) is 5.15 Å². The van der Waals surface area contributed by atoms with Crippen LogP contribution in [0.4, 0.5) is 0 Å². The molecule has 0 aliphatic heterocycles. The summed E-state index contributed by atoms with van der Waals surface area (Å²) in [5.74, 6) is 0. The standard InChI is InChI=1S/C5H4AsClN2/c6-3-4-5(7)9-2-1-8-4/h1-2H,3H2. The number of halogens is 1. The first-order valence-electron chi connectivity index (χ1n) is 2.41. The van der Waals surface area contributed by atoms with Gasteiger partial charge in [-0.3, -0.25) is 0 Å². The number of aromatic nitrogens is 2. The van der Waals surface area contributed by atoms with E-state index in [1.54, 1.807) is 12.4 Å². The van der Waals surface area contributed by atoms with Crippen molar-refractivity contribution >= 4 is 28.5 Å². The van der Waals surface area contributed by atoms with Gasteiger partial charge in [0.1, 0.15) is 0 Å². The van der Waals surface area contributed by atoms with Crippen molar-refractivity contribution in [3.8, 4) is 0 Å². The van der Waals surface area contributed by atoms with Crippen LogP contribution in [0.5, 0.6) is 0 Å². The van der Waals surface area contributed by atoms with Gasteiger partial charge in [0, 0.05) is 0 Å². The molecular weight excluding hydrogens is 198 g/mol. The van der Waals surface area contributed by atoms with Crippen LogP contribution in [-0.2, 0) is 5.21 Å². The minimum atomic E-state index is 0.498. The van der Waals surface area contributed by atoms with Crippen LogP contribution < -0.4 is 0 Å². The molecule has 0 atom stereocenters. The summed E-state index contributed by atoms with van der Waals surface area (Å²) in [5.41, 5.74) is 0.833. The van der Waals surface area contributed by atoms with Crippen molar-refractivity contribution in [2.45, 2.75) is 5.21 Å². The maximum atomic E-state index is 5.64. The predicted molar refractivity (Wildman–Crippen MR) is 36.5 cm³/mol. The molecule has 46 valence electrons. The molecular formula is C5H4AsClN2. The molecule has 0 aliphatic rings. The fraction of sp³-hybridized carbons (Fsp3) is 0.200. The van der Waals surface area contributed by atoms with E-state index in [4.69, 9.17) is 11.6 Å². The van der Waals surface area contributed by atoms with Gasteiger partial charge in [-0.2, -0.15) is 0 Å². The summed E-state index contributed by atoms with van der Waals surface area (Å²) in [6.45, 7) is 0. The Morgan fingerprint density at radius 1 is 1.44 bits per heavy atom. The molecule has 0 saturated heterocycles. The molecule has 0 unspecified atom stereocenters. The number of nitrogens with zero attached hydrogens (tertiary/aromatic N) is 2. The van der Waals surface area contributed by atoms with E-state index in [9.17, 15) is 0 Å². The summed E-state index contributed by atoms with van der Waals surface area (Å²) in [5, 5.41) is 1.28. The van der Waals surface area contributed by atoms with Gasteiger partial charge in [0.2, 0.25) is 0 Å². The molecule has 0 amide bonds. The Bertz CT molecular complexity index is 204. The molecule has 1 heterocycles. The second-order valence-electron chi connectivity index (χ2n) is 1.45. The monoisotopic (exact) mass is 202 g/mol. The van der Waals surface area contributed by atoms with E-state index < -0.39 is 0 Å². The second-order valence-corrected chi connectivity index (χ2v) is 2.47. The van der Waals surface area contributed by atoms with Crippen LogP contribution in [0.25, 0.3) is 0 Å². The summed E-state index contributed by atoms with van der Waals surface area (Å²) in [6, 6.07) is 0. The quantitative estimate of drug-likeness (QED) is 0.630. The third-order valence-electron chi connectivity index (χ3n) is 0.873. The summed E-state index contributed by atoms with van der Waals surface area (Å²) < 4.78 is 0. The van der Waals surface area contributed by atoms with Crippen molar-refractivity contribution in [1.82, 2.24) is 9.97 Å². The molecule has 0 spiro atoms. The molecule has 0 bridgehead atoms. The number of hydrogen-bond acceptors (Lipinski definition) is 2. The normalized spacial score (nSPS) is 9.56. The molecule has 0 saturated carbocycles. The van der Waals surface area contributed by atoms with Gasteiger partial charge in [0.25, 0.3) is 0 Å². The van der Waals surface area contributed by atoms with Crippen LogP contribution >= 0.6 is 11.6 Å². The Morgan fingerprint density at radius 2 is 2.11 bits per heavy atom. The van der Waals surface area contributed by atoms with Crippen LogP contribution in [0.1, 0.15) is 5.69 Å². The van der Waals surface area contributed by atoms with Crippen LogP contribution in [0.3, 0.4) is 0 Å². The predicted octanol–water partition coefficient (Wildman–Crippen LogP) is 0.798. The molecule has 4 heteroatoms. The zero-order valence-electron chi connectivity index (χ0n) is 4.58. The van der Waals surface area contributed by atoms with E-state index in [1.165, 1.54) is 0 Å². The SMILES string of the molecule is Clc1nccnc1C[As]. The first-order valence-corrected chi connectivity index (χ1v) is 4.11. The van der Waals surface area contributed by atoms with Gasteiger partial charge in [-0.25, -0.2) is 0 Å². The van der Waals surface area contributed by atoms with Crippen LogP contribution in [-0.4, -0.2) is 26.8 Å². The van der Waals surface area contributed by atoms with E-state index in [2.05, 4.69) is 26.8 Å². The average molecular weight is 202 g/mol. The van der Waals surface area contributed by atoms with E-state index in [0.717, 1.165) is 10.9 Å². The Labute approximate surface area is 67.2 Å². The van der Waals surface area contributed by atoms with Gasteiger partial charge in [0.15, 0.2) is 0 Å². The molecule has 2 radical (unpaired) electrons. The summed E-state index contributed by atoms with van der Waals surface area (Å²) in [7, 11) is 0. The Kier molecular flexibility index (Phi) is 2.49.